The molecule has 0 bridgehead atoms. The summed E-state index contributed by atoms with van der Waals surface area (Å²) in [6, 6.07) is 38.1. The fourth-order valence-electron chi connectivity index (χ4n) is 9.67. The van der Waals surface area contributed by atoms with Gasteiger partial charge in [-0.25, -0.2) is 0 Å². The van der Waals surface area contributed by atoms with Crippen molar-refractivity contribution in [2.75, 3.05) is 79.0 Å². The molecule has 148 heavy (non-hydrogen) atoms. The number of ether oxygens (including phenoxy) is 4. The number of hydrogen-bond donors (Lipinski definition) is 6. The van der Waals surface area contributed by atoms with Crippen LogP contribution in [0.2, 0.25) is 0 Å². The standard InChI is InChI=1S/C13H17NO2.C12H15NO2.C12H16O.C11H24O3.C11H14O2.2C9H16O2.C9H20.C7H13NO2.C7H14O.C6H11NO2.C5H11NO.C5H12O.C5H12.CH4/c1-10(2)12(15)9-14-13(16)8-11-6-4-3-5-7-11;1-9(2)11(14)8-13-12(15)10-6-4-3-5-7-10;1-10(2)12(13)9-8-11-6-4-3-5-7-11;1-4-5-12-6-7-13-8-9-14-10-11(2)3;1-9(2)11(12)13-8-10-6-4-3-5-7-10;2*1-7(2)9(11)6-4-5-8(3)10;1-4-5-6-7-8-9(2)3;1-5(2)7(10)4-8-6(3)9;1-4-5-7(8)6(2)3;1-5(2)6(9)3-7-4-8;1-4(2)5(7)3-6;1-5(2)3-4-6;1-4-5(2)3;/h3-7,10H,8-9H2,1-2H3,(H,14,16);3-7,9H,8H2,1-2H3,(H,13,15);3-7,10H,8-9H2,1-2H3;11H,4-10H2,1-3H3;3-7,9H,8H2,1-2H3;2*7H,4-6H2,1-3H3;9H,4-8H2,1-3H3;5H,4H2,1-3H3,(H,8,9);6H,4-5H2,1-3H3;4-5H,3H2,1-2H3,(H,7,8);4H,3,6H2,1-2H3;5-6H,3-4H2,1-2H3;5H,4H2,1-3H3;1H4. The minimum atomic E-state index is -0.204. The molecule has 0 spiro atoms. The molecule has 0 saturated carbocycles. The van der Waals surface area contributed by atoms with Gasteiger partial charge < -0.3 is 60.6 Å². The Morgan fingerprint density at radius 3 is 1.00 bits per heavy atom. The van der Waals surface area contributed by atoms with Crippen LogP contribution in [0.5, 0.6) is 0 Å². The molecule has 0 aliphatic carbocycles. The maximum atomic E-state index is 11.5. The van der Waals surface area contributed by atoms with Crippen molar-refractivity contribution in [1.82, 2.24) is 21.3 Å². The highest BCUT2D eigenvalue weighted by atomic mass is 16.5. The highest BCUT2D eigenvalue weighted by Gasteiger charge is 2.16. The number of nitrogens with one attached hydrogen (secondary N) is 4. The quantitative estimate of drug-likeness (QED) is 0.0136. The second-order valence-electron chi connectivity index (χ2n) is 40.4. The number of carbonyl (C=O) groups excluding carboxylic acids is 16. The van der Waals surface area contributed by atoms with Crippen molar-refractivity contribution in [1.29, 1.82) is 0 Å². The number of unbranched alkanes of at least 4 members (excludes halogenated alkanes) is 3. The van der Waals surface area contributed by atoms with Gasteiger partial charge >= 0.3 is 5.97 Å². The van der Waals surface area contributed by atoms with Crippen LogP contribution in [0.15, 0.2) is 121 Å². The molecule has 0 heterocycles. The van der Waals surface area contributed by atoms with Crippen LogP contribution < -0.4 is 27.0 Å². The second-order valence-corrected chi connectivity index (χ2v) is 40.4. The average Bonchev–Trinajstić information content (AvgIpc) is 0.918. The van der Waals surface area contributed by atoms with Gasteiger partial charge in [-0.3, -0.25) is 67.1 Å². The molecule has 0 radical (unpaired) electrons. The minimum Gasteiger partial charge on any atom is -0.461 e. The Morgan fingerprint density at radius 2 is 0.689 bits per heavy atom. The van der Waals surface area contributed by atoms with E-state index in [1.54, 1.807) is 52.0 Å². The van der Waals surface area contributed by atoms with Gasteiger partial charge in [-0.15, -0.1) is 0 Å². The van der Waals surface area contributed by atoms with Crippen molar-refractivity contribution in [3.8, 4) is 0 Å². The summed E-state index contributed by atoms with van der Waals surface area (Å²) in [5.41, 5.74) is 8.83. The van der Waals surface area contributed by atoms with E-state index in [1.165, 1.54) is 51.0 Å². The molecule has 26 nitrogen and oxygen atoms in total. The van der Waals surface area contributed by atoms with E-state index in [2.05, 4.69) is 110 Å². The first-order valence-electron chi connectivity index (χ1n) is 53.9. The molecule has 0 saturated heterocycles. The number of aryl methyl sites for hydroxylation is 1. The molecule has 0 fully saturated rings. The molecule has 26 heteroatoms. The zero-order chi connectivity index (χ0) is 115. The molecule has 854 valence electrons. The monoisotopic (exact) mass is 2090 g/mol. The number of Topliss-reactive ketones (excluding diaryl/α,β-unsaturated/α-hetero) is 11. The van der Waals surface area contributed by atoms with Gasteiger partial charge in [-0.2, -0.15) is 0 Å². The van der Waals surface area contributed by atoms with Crippen LogP contribution in [0, 0.1) is 82.9 Å². The number of aliphatic hydroxyl groups is 1. The zero-order valence-corrected chi connectivity index (χ0v) is 98.5. The van der Waals surface area contributed by atoms with E-state index in [-0.39, 0.29) is 175 Å². The van der Waals surface area contributed by atoms with Crippen molar-refractivity contribution in [3.05, 3.63) is 144 Å². The van der Waals surface area contributed by atoms with Crippen LogP contribution in [-0.4, -0.2) is 178 Å². The summed E-state index contributed by atoms with van der Waals surface area (Å²) in [5, 5.41) is 18.2. The molecule has 0 aliphatic rings. The summed E-state index contributed by atoms with van der Waals surface area (Å²) < 4.78 is 21.0. The van der Waals surface area contributed by atoms with Gasteiger partial charge in [0, 0.05) is 124 Å². The SMILES string of the molecule is C.CC(=O)CCCC(=O)C(C)C.CC(=O)CCCC(=O)C(C)C.CC(=O)NCC(=O)C(C)C.CC(C)C(=O)CCc1ccccc1.CC(C)C(=O)CN.CC(C)C(=O)CNC(=O)Cc1ccccc1.CC(C)C(=O)CNC(=O)c1ccccc1.CC(C)C(=O)CNC=O.CC(C)C(=O)OCc1ccccc1.CC(C)CCO.CCC(C)C.CCCC(=O)C(C)C.CCCCCCC(C)C.CCCOCCOCCOCC(C)C. The van der Waals surface area contributed by atoms with E-state index in [1.807, 2.05) is 216 Å². The van der Waals surface area contributed by atoms with Gasteiger partial charge in [0.25, 0.3) is 5.91 Å². The smallest absolute Gasteiger partial charge is 0.308 e. The third-order valence-electron chi connectivity index (χ3n) is 20.3. The topological polar surface area (TPSA) is 404 Å². The third kappa shape index (κ3) is 131. The predicted molar refractivity (Wildman–Crippen MR) is 612 cm³/mol. The van der Waals surface area contributed by atoms with Crippen molar-refractivity contribution < 1.29 is 101 Å². The maximum Gasteiger partial charge on any atom is 0.308 e. The summed E-state index contributed by atoms with van der Waals surface area (Å²) >= 11 is 0. The van der Waals surface area contributed by atoms with E-state index >= 15 is 0 Å². The summed E-state index contributed by atoms with van der Waals surface area (Å²) in [7, 11) is 0. The van der Waals surface area contributed by atoms with Crippen molar-refractivity contribution in [2.24, 2.45) is 88.6 Å². The van der Waals surface area contributed by atoms with Crippen LogP contribution in [0.25, 0.3) is 0 Å². The second kappa shape index (κ2) is 113. The molecule has 4 aromatic rings. The summed E-state index contributed by atoms with van der Waals surface area (Å²) in [6.45, 7) is 73.6. The van der Waals surface area contributed by atoms with Crippen molar-refractivity contribution in [2.45, 2.75) is 378 Å². The third-order valence-corrected chi connectivity index (χ3v) is 20.3. The fraction of sp³-hybridized carbons (Fsp3) is 0.672. The number of amides is 4. The van der Waals surface area contributed by atoms with Crippen LogP contribution >= 0.6 is 0 Å². The van der Waals surface area contributed by atoms with Crippen molar-refractivity contribution in [3.63, 3.8) is 0 Å². The fourth-order valence-corrected chi connectivity index (χ4v) is 9.67. The van der Waals surface area contributed by atoms with Gasteiger partial charge in [0.15, 0.2) is 23.1 Å². The molecular formula is C122H215N5O21. The number of rotatable bonds is 56. The molecule has 4 rings (SSSR count). The van der Waals surface area contributed by atoms with E-state index in [0.717, 1.165) is 68.3 Å². The largest absolute Gasteiger partial charge is 0.461 e. The van der Waals surface area contributed by atoms with E-state index in [4.69, 9.17) is 29.8 Å². The number of benzene rings is 4. The molecule has 7 N–H and O–H groups in total. The first-order chi connectivity index (χ1) is 68.8. The van der Waals surface area contributed by atoms with Gasteiger partial charge in [-0.1, -0.05) is 377 Å². The van der Waals surface area contributed by atoms with Crippen molar-refractivity contribution >= 4 is 93.7 Å². The lowest BCUT2D eigenvalue weighted by Crippen LogP contribution is -2.32. The Labute approximate surface area is 900 Å². The summed E-state index contributed by atoms with van der Waals surface area (Å²) in [4.78, 5) is 174. The molecule has 0 aliphatic heterocycles. The number of ketones is 11. The van der Waals surface area contributed by atoms with Gasteiger partial charge in [0.05, 0.1) is 71.5 Å². The predicted octanol–water partition coefficient (Wildman–Crippen LogP) is 24.3. The van der Waals surface area contributed by atoms with Crippen LogP contribution in [0.3, 0.4) is 0 Å². The van der Waals surface area contributed by atoms with Crippen LogP contribution in [0.4, 0.5) is 0 Å². The molecular weight excluding hydrogens is 1870 g/mol. The van der Waals surface area contributed by atoms with Crippen LogP contribution in [-0.2, 0) is 110 Å². The molecule has 0 unspecified atom stereocenters. The molecule has 0 atom stereocenters. The minimum absolute atomic E-state index is 0. The lowest BCUT2D eigenvalue weighted by molar-refractivity contribution is -0.148. The molecule has 0 aromatic heterocycles. The van der Waals surface area contributed by atoms with Gasteiger partial charge in [0.1, 0.15) is 47.1 Å². The first kappa shape index (κ1) is 161. The lowest BCUT2D eigenvalue weighted by atomic mass is 10.0. The summed E-state index contributed by atoms with van der Waals surface area (Å²) in [5.74, 6) is 4.96. The number of esters is 1. The Hall–Kier alpha value is -9.60. The zero-order valence-electron chi connectivity index (χ0n) is 98.5. The Morgan fingerprint density at radius 1 is 0.338 bits per heavy atom. The number of nitrogens with two attached hydrogens (primary N) is 1. The lowest BCUT2D eigenvalue weighted by Gasteiger charge is -2.07. The molecule has 4 aromatic carbocycles. The van der Waals surface area contributed by atoms with E-state index in [9.17, 15) is 76.7 Å². The van der Waals surface area contributed by atoms with Gasteiger partial charge in [0.2, 0.25) is 18.2 Å². The normalized spacial score (nSPS) is 10.1. The number of carbonyl (C=O) groups is 16. The van der Waals surface area contributed by atoms with E-state index < -0.39 is 0 Å². The van der Waals surface area contributed by atoms with Crippen LogP contribution in [0.1, 0.15) is 386 Å². The highest BCUT2D eigenvalue weighted by molar-refractivity contribution is 5.97. The highest BCUT2D eigenvalue weighted by Crippen LogP contribution is 2.13. The van der Waals surface area contributed by atoms with Gasteiger partial charge in [-0.05, 0) is 105 Å². The Balaban J connectivity index is -0.000000153. The number of hydrogen-bond acceptors (Lipinski definition) is 22. The maximum absolute atomic E-state index is 11.5. The Bertz CT molecular complexity index is 3800. The Kier molecular flexibility index (Phi) is 123. The molecule has 4 amide bonds. The average molecular weight is 2090 g/mol. The first-order valence-corrected chi connectivity index (χ1v) is 53.9. The number of aliphatic hydroxyl groups excluding tert-OH is 1. The summed E-state index contributed by atoms with van der Waals surface area (Å²) in [6.07, 6.45) is 18.1. The van der Waals surface area contributed by atoms with E-state index in [0.29, 0.717) is 126 Å².